The van der Waals surface area contributed by atoms with Gasteiger partial charge in [-0.1, -0.05) is 24.3 Å². The SMILES string of the molecule is CO[C@]12C(=O)C3=C(O)c4c(N=O)cc5ccccc5c4C[C@H]3CC1CC(=O)C(C(N)=O)=C2O. The van der Waals surface area contributed by atoms with Gasteiger partial charge in [0.2, 0.25) is 5.78 Å². The van der Waals surface area contributed by atoms with Crippen molar-refractivity contribution in [3.63, 3.8) is 0 Å². The molecule has 33 heavy (non-hydrogen) atoms. The predicted octanol–water partition coefficient (Wildman–Crippen LogP) is 2.92. The van der Waals surface area contributed by atoms with Crippen LogP contribution >= 0.6 is 0 Å². The minimum Gasteiger partial charge on any atom is -0.508 e. The molecule has 2 aromatic rings. The van der Waals surface area contributed by atoms with Gasteiger partial charge in [-0.05, 0) is 46.3 Å². The van der Waals surface area contributed by atoms with Crippen molar-refractivity contribution in [3.05, 3.63) is 63.3 Å². The molecule has 1 amide bonds. The van der Waals surface area contributed by atoms with Gasteiger partial charge < -0.3 is 20.7 Å². The number of hydrogen-bond acceptors (Lipinski definition) is 8. The highest BCUT2D eigenvalue weighted by molar-refractivity contribution is 6.23. The van der Waals surface area contributed by atoms with Crippen LogP contribution in [0.4, 0.5) is 5.69 Å². The molecule has 5 rings (SSSR count). The Morgan fingerprint density at radius 1 is 1.21 bits per heavy atom. The monoisotopic (exact) mass is 448 g/mol. The van der Waals surface area contributed by atoms with Crippen molar-refractivity contribution >= 4 is 39.7 Å². The molecule has 3 aliphatic carbocycles. The molecule has 0 saturated heterocycles. The molecule has 0 spiro atoms. The largest absolute Gasteiger partial charge is 0.508 e. The van der Waals surface area contributed by atoms with Crippen LogP contribution in [0.2, 0.25) is 0 Å². The zero-order chi connectivity index (χ0) is 23.7. The summed E-state index contributed by atoms with van der Waals surface area (Å²) in [7, 11) is 1.19. The van der Waals surface area contributed by atoms with Crippen LogP contribution in [-0.4, -0.2) is 40.4 Å². The van der Waals surface area contributed by atoms with E-state index >= 15 is 0 Å². The summed E-state index contributed by atoms with van der Waals surface area (Å²) in [6.07, 6.45) is 0.339. The van der Waals surface area contributed by atoms with Crippen LogP contribution in [0.15, 0.2) is 52.4 Å². The van der Waals surface area contributed by atoms with Crippen molar-refractivity contribution in [2.75, 3.05) is 7.11 Å². The van der Waals surface area contributed by atoms with E-state index in [0.717, 1.165) is 10.8 Å². The van der Waals surface area contributed by atoms with Crippen molar-refractivity contribution in [1.82, 2.24) is 0 Å². The molecule has 0 radical (unpaired) electrons. The van der Waals surface area contributed by atoms with E-state index in [-0.39, 0.29) is 29.7 Å². The smallest absolute Gasteiger partial charge is 0.255 e. The summed E-state index contributed by atoms with van der Waals surface area (Å²) in [4.78, 5) is 49.8. The number of ether oxygens (including phenoxy) is 1. The standard InChI is InChI=1S/C24H20N2O7/c1-33-24-12(9-16(27)19(22(24)30)23(25)31)6-11-7-14-13-5-3-2-4-10(13)8-15(26-32)18(14)20(28)17(11)21(24)29/h2-5,8,11-12,28,30H,6-7,9H2,1H3,(H2,25,31)/t11-,12?,24+/m1/s1. The lowest BCUT2D eigenvalue weighted by molar-refractivity contribution is -0.153. The maximum absolute atomic E-state index is 13.8. The Morgan fingerprint density at radius 3 is 2.61 bits per heavy atom. The number of hydrogen-bond donors (Lipinski definition) is 3. The second kappa shape index (κ2) is 7.08. The van der Waals surface area contributed by atoms with Crippen LogP contribution in [0.5, 0.6) is 0 Å². The lowest BCUT2D eigenvalue weighted by Crippen LogP contribution is -2.59. The molecule has 0 bridgehead atoms. The lowest BCUT2D eigenvalue weighted by Gasteiger charge is -2.48. The highest BCUT2D eigenvalue weighted by Gasteiger charge is 2.61. The summed E-state index contributed by atoms with van der Waals surface area (Å²) in [6, 6.07) is 8.90. The number of nitrogens with two attached hydrogens (primary N) is 1. The predicted molar refractivity (Wildman–Crippen MR) is 117 cm³/mol. The third kappa shape index (κ3) is 2.59. The van der Waals surface area contributed by atoms with E-state index in [9.17, 15) is 29.5 Å². The van der Waals surface area contributed by atoms with Crippen LogP contribution in [0, 0.1) is 16.7 Å². The molecule has 1 unspecified atom stereocenters. The van der Waals surface area contributed by atoms with E-state index in [0.29, 0.717) is 12.0 Å². The third-order valence-electron chi connectivity index (χ3n) is 7.18. The van der Waals surface area contributed by atoms with Crippen molar-refractivity contribution < 1.29 is 29.3 Å². The molecular formula is C24H20N2O7. The Labute approximate surface area is 187 Å². The molecule has 1 fully saturated rings. The quantitative estimate of drug-likeness (QED) is 0.481. The molecule has 9 heteroatoms. The van der Waals surface area contributed by atoms with Gasteiger partial charge in [0.05, 0.1) is 0 Å². The fraction of sp³-hybridized carbons (Fsp3) is 0.292. The number of nitrogens with zero attached hydrogens (tertiary/aromatic N) is 1. The fourth-order valence-electron chi connectivity index (χ4n) is 5.80. The molecule has 3 atom stereocenters. The number of benzene rings is 2. The number of ketones is 2. The normalized spacial score (nSPS) is 26.7. The zero-order valence-corrected chi connectivity index (χ0v) is 17.6. The molecule has 0 heterocycles. The topological polar surface area (TPSA) is 156 Å². The summed E-state index contributed by atoms with van der Waals surface area (Å²) in [5.41, 5.74) is 3.41. The van der Waals surface area contributed by atoms with Crippen molar-refractivity contribution in [1.29, 1.82) is 0 Å². The number of primary amides is 1. The Hall–Kier alpha value is -3.85. The van der Waals surface area contributed by atoms with Crippen LogP contribution in [0.3, 0.4) is 0 Å². The number of amides is 1. The first-order valence-electron chi connectivity index (χ1n) is 10.4. The molecule has 0 aromatic heterocycles. The zero-order valence-electron chi connectivity index (χ0n) is 17.6. The van der Waals surface area contributed by atoms with Gasteiger partial charge in [0.1, 0.15) is 22.8 Å². The van der Waals surface area contributed by atoms with E-state index in [1.807, 2.05) is 24.3 Å². The molecule has 3 aliphatic rings. The maximum Gasteiger partial charge on any atom is 0.255 e. The Bertz CT molecular complexity index is 1360. The number of methoxy groups -OCH3 is 1. The average Bonchev–Trinajstić information content (AvgIpc) is 2.78. The molecule has 1 saturated carbocycles. The lowest BCUT2D eigenvalue weighted by atomic mass is 9.59. The summed E-state index contributed by atoms with van der Waals surface area (Å²) in [5, 5.41) is 26.8. The van der Waals surface area contributed by atoms with Gasteiger partial charge in [-0.2, -0.15) is 0 Å². The summed E-state index contributed by atoms with van der Waals surface area (Å²) >= 11 is 0. The number of Topliss-reactive ketones (excluding diaryl/α,β-unsaturated/α-hetero) is 2. The molecule has 0 aliphatic heterocycles. The number of rotatable bonds is 3. The number of fused-ring (bicyclic) bond motifs is 5. The Balaban J connectivity index is 1.79. The minimum absolute atomic E-state index is 0.00930. The van der Waals surface area contributed by atoms with Gasteiger partial charge in [0.15, 0.2) is 11.4 Å². The van der Waals surface area contributed by atoms with Crippen LogP contribution in [-0.2, 0) is 25.5 Å². The second-order valence-corrected chi connectivity index (χ2v) is 8.64. The highest BCUT2D eigenvalue weighted by Crippen LogP contribution is 2.54. The van der Waals surface area contributed by atoms with Crippen molar-refractivity contribution in [3.8, 4) is 0 Å². The molecule has 4 N–H and O–H groups in total. The number of carbonyl (C=O) groups is 3. The van der Waals surface area contributed by atoms with Gasteiger partial charge in [-0.3, -0.25) is 14.4 Å². The number of aliphatic hydroxyl groups excluding tert-OH is 2. The summed E-state index contributed by atoms with van der Waals surface area (Å²) in [6.45, 7) is 0. The number of nitroso groups, excluding NO2 is 1. The van der Waals surface area contributed by atoms with E-state index in [4.69, 9.17) is 10.5 Å². The first-order chi connectivity index (χ1) is 15.8. The van der Waals surface area contributed by atoms with Gasteiger partial charge in [0.25, 0.3) is 5.91 Å². The maximum atomic E-state index is 13.8. The molecule has 2 aromatic carbocycles. The summed E-state index contributed by atoms with van der Waals surface area (Å²) < 4.78 is 5.50. The van der Waals surface area contributed by atoms with Gasteiger partial charge in [-0.25, -0.2) is 0 Å². The van der Waals surface area contributed by atoms with Crippen molar-refractivity contribution in [2.24, 2.45) is 22.7 Å². The van der Waals surface area contributed by atoms with Crippen LogP contribution in [0.25, 0.3) is 16.5 Å². The highest BCUT2D eigenvalue weighted by atomic mass is 16.5. The van der Waals surface area contributed by atoms with Crippen LogP contribution in [0.1, 0.15) is 24.0 Å². The summed E-state index contributed by atoms with van der Waals surface area (Å²) in [5.74, 6) is -5.06. The number of carbonyl (C=O) groups excluding carboxylic acids is 3. The molecular weight excluding hydrogens is 428 g/mol. The van der Waals surface area contributed by atoms with Gasteiger partial charge >= 0.3 is 0 Å². The van der Waals surface area contributed by atoms with Gasteiger partial charge in [-0.15, -0.1) is 4.91 Å². The Morgan fingerprint density at radius 2 is 1.94 bits per heavy atom. The van der Waals surface area contributed by atoms with Crippen LogP contribution < -0.4 is 5.73 Å². The fourth-order valence-corrected chi connectivity index (χ4v) is 5.80. The van der Waals surface area contributed by atoms with E-state index in [1.165, 1.54) is 7.11 Å². The van der Waals surface area contributed by atoms with E-state index in [2.05, 4.69) is 5.18 Å². The Kier molecular flexibility index (Phi) is 4.51. The van der Waals surface area contributed by atoms with Crippen molar-refractivity contribution in [2.45, 2.75) is 24.9 Å². The first kappa shape index (κ1) is 21.0. The van der Waals surface area contributed by atoms with Gasteiger partial charge in [0, 0.05) is 30.6 Å². The number of aliphatic hydroxyl groups is 2. The van der Waals surface area contributed by atoms with E-state index < -0.39 is 52.0 Å². The van der Waals surface area contributed by atoms with E-state index in [1.54, 1.807) is 6.07 Å². The first-order valence-corrected chi connectivity index (χ1v) is 10.4. The minimum atomic E-state index is -2.03. The molecule has 168 valence electrons. The second-order valence-electron chi connectivity index (χ2n) is 8.64. The molecule has 9 nitrogen and oxygen atoms in total. The average molecular weight is 448 g/mol. The third-order valence-corrected chi connectivity index (χ3v) is 7.18.